The number of imide groups is 1. The van der Waals surface area contributed by atoms with E-state index >= 15 is 0 Å². The van der Waals surface area contributed by atoms with E-state index in [0.717, 1.165) is 16.0 Å². The standard InChI is InChI=1S/C21H19FN2O2S/c1-13-14(2)27-20-18(13)19(25)24(17-6-4-3-5-7-17)21(26)23(20)12-15-8-10-16(22)11-9-15/h3-11,18,20H,12H2,1-2H3. The minimum atomic E-state index is -0.367. The number of anilines is 1. The van der Waals surface area contributed by atoms with E-state index in [-0.39, 0.29) is 29.0 Å². The Labute approximate surface area is 161 Å². The highest BCUT2D eigenvalue weighted by molar-refractivity contribution is 8.03. The molecule has 4 nitrogen and oxygen atoms in total. The molecule has 4 rings (SSSR count). The van der Waals surface area contributed by atoms with Gasteiger partial charge in [0.25, 0.3) is 0 Å². The fourth-order valence-electron chi connectivity index (χ4n) is 3.56. The van der Waals surface area contributed by atoms with Crippen molar-refractivity contribution in [3.05, 3.63) is 76.5 Å². The summed E-state index contributed by atoms with van der Waals surface area (Å²) in [7, 11) is 0. The van der Waals surface area contributed by atoms with Crippen LogP contribution >= 0.6 is 11.8 Å². The number of nitrogens with zero attached hydrogens (tertiary/aromatic N) is 2. The Hall–Kier alpha value is -2.60. The molecule has 0 aliphatic carbocycles. The molecule has 0 saturated carbocycles. The van der Waals surface area contributed by atoms with E-state index in [1.54, 1.807) is 40.9 Å². The van der Waals surface area contributed by atoms with E-state index in [9.17, 15) is 14.0 Å². The van der Waals surface area contributed by atoms with Crippen molar-refractivity contribution in [3.63, 3.8) is 0 Å². The predicted molar refractivity (Wildman–Crippen MR) is 105 cm³/mol. The Bertz CT molecular complexity index is 927. The van der Waals surface area contributed by atoms with Crippen LogP contribution in [0.3, 0.4) is 0 Å². The van der Waals surface area contributed by atoms with Gasteiger partial charge in [0.15, 0.2) is 0 Å². The van der Waals surface area contributed by atoms with E-state index in [2.05, 4.69) is 0 Å². The van der Waals surface area contributed by atoms with Crippen LogP contribution in [0.15, 0.2) is 65.1 Å². The Morgan fingerprint density at radius 3 is 2.33 bits per heavy atom. The summed E-state index contributed by atoms with van der Waals surface area (Å²) in [4.78, 5) is 30.6. The number of rotatable bonds is 3. The zero-order valence-corrected chi connectivity index (χ0v) is 15.9. The van der Waals surface area contributed by atoms with E-state index in [0.29, 0.717) is 12.2 Å². The highest BCUT2D eigenvalue weighted by Gasteiger charge is 2.51. The highest BCUT2D eigenvalue weighted by Crippen LogP contribution is 2.47. The minimum absolute atomic E-state index is 0.187. The fourth-order valence-corrected chi connectivity index (χ4v) is 4.98. The first-order valence-electron chi connectivity index (χ1n) is 8.75. The summed E-state index contributed by atoms with van der Waals surface area (Å²) < 4.78 is 13.2. The smallest absolute Gasteiger partial charge is 0.306 e. The number of halogens is 1. The molecule has 2 aromatic carbocycles. The largest absolute Gasteiger partial charge is 0.332 e. The molecule has 2 heterocycles. The predicted octanol–water partition coefficient (Wildman–Crippen LogP) is 4.78. The lowest BCUT2D eigenvalue weighted by molar-refractivity contribution is -0.122. The monoisotopic (exact) mass is 382 g/mol. The summed E-state index contributed by atoms with van der Waals surface area (Å²) in [6.07, 6.45) is 0. The summed E-state index contributed by atoms with van der Waals surface area (Å²) in [5.74, 6) is -0.868. The average Bonchev–Trinajstić information content (AvgIpc) is 2.96. The maximum atomic E-state index is 13.3. The van der Waals surface area contributed by atoms with Crippen molar-refractivity contribution in [2.45, 2.75) is 25.8 Å². The molecule has 0 aromatic heterocycles. The molecule has 6 heteroatoms. The maximum Gasteiger partial charge on any atom is 0.332 e. The van der Waals surface area contributed by atoms with Crippen LogP contribution in [0.2, 0.25) is 0 Å². The fraction of sp³-hybridized carbons (Fsp3) is 0.238. The molecule has 138 valence electrons. The second-order valence-corrected chi connectivity index (χ2v) is 8.10. The lowest BCUT2D eigenvalue weighted by atomic mass is 9.95. The number of benzene rings is 2. The summed E-state index contributed by atoms with van der Waals surface area (Å²) in [5.41, 5.74) is 2.40. The quantitative estimate of drug-likeness (QED) is 0.767. The maximum absolute atomic E-state index is 13.3. The van der Waals surface area contributed by atoms with Gasteiger partial charge in [0.2, 0.25) is 5.91 Å². The molecule has 0 spiro atoms. The number of para-hydroxylation sites is 1. The second-order valence-electron chi connectivity index (χ2n) is 6.77. The van der Waals surface area contributed by atoms with E-state index in [1.165, 1.54) is 17.0 Å². The van der Waals surface area contributed by atoms with Crippen molar-refractivity contribution >= 4 is 29.4 Å². The molecule has 0 bridgehead atoms. The number of carbonyl (C=O) groups is 2. The molecule has 1 fully saturated rings. The van der Waals surface area contributed by atoms with Crippen molar-refractivity contribution in [1.29, 1.82) is 0 Å². The minimum Gasteiger partial charge on any atom is -0.306 e. The lowest BCUT2D eigenvalue weighted by Crippen LogP contribution is -2.59. The van der Waals surface area contributed by atoms with E-state index < -0.39 is 0 Å². The number of hydrogen-bond acceptors (Lipinski definition) is 3. The van der Waals surface area contributed by atoms with Crippen molar-refractivity contribution in [2.75, 3.05) is 4.90 Å². The average molecular weight is 382 g/mol. The number of amides is 3. The topological polar surface area (TPSA) is 40.6 Å². The number of hydrogen-bond donors (Lipinski definition) is 0. The van der Waals surface area contributed by atoms with Gasteiger partial charge in [0, 0.05) is 6.54 Å². The summed E-state index contributed by atoms with van der Waals surface area (Å²) in [6.45, 7) is 4.27. The van der Waals surface area contributed by atoms with Crippen LogP contribution in [0.25, 0.3) is 0 Å². The zero-order valence-electron chi connectivity index (χ0n) is 15.1. The van der Waals surface area contributed by atoms with Crippen molar-refractivity contribution < 1.29 is 14.0 Å². The molecule has 0 N–H and O–H groups in total. The molecule has 2 aliphatic rings. The Kier molecular flexibility index (Phi) is 4.52. The molecule has 2 unspecified atom stereocenters. The lowest BCUT2D eigenvalue weighted by Gasteiger charge is -2.42. The number of allylic oxidation sites excluding steroid dienone is 1. The molecular formula is C21H19FN2O2S. The number of carbonyl (C=O) groups excluding carboxylic acids is 2. The summed E-state index contributed by atoms with van der Waals surface area (Å²) in [5, 5.41) is -0.269. The van der Waals surface area contributed by atoms with Gasteiger partial charge in [-0.3, -0.25) is 4.79 Å². The first-order chi connectivity index (χ1) is 13.0. The van der Waals surface area contributed by atoms with Gasteiger partial charge in [-0.2, -0.15) is 0 Å². The van der Waals surface area contributed by atoms with Crippen molar-refractivity contribution in [3.8, 4) is 0 Å². The number of urea groups is 1. The van der Waals surface area contributed by atoms with Gasteiger partial charge in [0.1, 0.15) is 5.82 Å². The van der Waals surface area contributed by atoms with Crippen LogP contribution in [-0.4, -0.2) is 22.2 Å². The first-order valence-corrected chi connectivity index (χ1v) is 9.63. The third-order valence-corrected chi connectivity index (χ3v) is 6.56. The first kappa shape index (κ1) is 17.8. The third-order valence-electron chi connectivity index (χ3n) is 5.12. The van der Waals surface area contributed by atoms with Gasteiger partial charge in [-0.1, -0.05) is 30.3 Å². The number of thioether (sulfide) groups is 1. The zero-order chi connectivity index (χ0) is 19.1. The molecule has 3 amide bonds. The molecular weight excluding hydrogens is 363 g/mol. The van der Waals surface area contributed by atoms with Crippen molar-refractivity contribution in [2.24, 2.45) is 5.92 Å². The molecule has 2 atom stereocenters. The van der Waals surface area contributed by atoms with Crippen molar-refractivity contribution in [1.82, 2.24) is 4.90 Å². The number of fused-ring (bicyclic) bond motifs is 1. The molecule has 1 saturated heterocycles. The van der Waals surface area contributed by atoms with Gasteiger partial charge in [-0.05, 0) is 54.2 Å². The molecule has 2 aliphatic heterocycles. The van der Waals surface area contributed by atoms with E-state index in [1.807, 2.05) is 32.0 Å². The van der Waals surface area contributed by atoms with E-state index in [4.69, 9.17) is 0 Å². The third kappa shape index (κ3) is 3.04. The van der Waals surface area contributed by atoms with Gasteiger partial charge < -0.3 is 4.90 Å². The Balaban J connectivity index is 1.74. The van der Waals surface area contributed by atoms with Gasteiger partial charge >= 0.3 is 6.03 Å². The second kappa shape index (κ2) is 6.85. The summed E-state index contributed by atoms with van der Waals surface area (Å²) in [6, 6.07) is 14.8. The molecule has 0 radical (unpaired) electrons. The van der Waals surface area contributed by atoms with Gasteiger partial charge in [-0.15, -0.1) is 11.8 Å². The summed E-state index contributed by atoms with van der Waals surface area (Å²) >= 11 is 1.56. The highest BCUT2D eigenvalue weighted by atomic mass is 32.2. The van der Waals surface area contributed by atoms with Gasteiger partial charge in [0.05, 0.1) is 17.0 Å². The molecule has 2 aromatic rings. The van der Waals surface area contributed by atoms with Crippen LogP contribution in [0.4, 0.5) is 14.9 Å². The SMILES string of the molecule is CC1=C(C)C2C(=O)N(c3ccccc3)C(=O)N(Cc3ccc(F)cc3)C2S1. The van der Waals surface area contributed by atoms with Crippen LogP contribution in [-0.2, 0) is 11.3 Å². The van der Waals surface area contributed by atoms with Gasteiger partial charge in [-0.25, -0.2) is 14.1 Å². The Morgan fingerprint density at radius 2 is 1.67 bits per heavy atom. The van der Waals surface area contributed by atoms with Crippen LogP contribution < -0.4 is 4.90 Å². The normalized spacial score (nSPS) is 22.5. The van der Waals surface area contributed by atoms with Crippen LogP contribution in [0.1, 0.15) is 19.4 Å². The van der Waals surface area contributed by atoms with Crippen LogP contribution in [0, 0.1) is 11.7 Å². The molecule has 27 heavy (non-hydrogen) atoms. The van der Waals surface area contributed by atoms with Crippen LogP contribution in [0.5, 0.6) is 0 Å². The Morgan fingerprint density at radius 1 is 1.00 bits per heavy atom.